The molecule has 1 aliphatic rings. The maximum atomic E-state index is 6.02. The van der Waals surface area contributed by atoms with Crippen molar-refractivity contribution < 1.29 is 4.74 Å². The van der Waals surface area contributed by atoms with Gasteiger partial charge in [-0.05, 0) is 31.7 Å². The zero-order valence-electron chi connectivity index (χ0n) is 12.9. The molecule has 1 atom stereocenters. The van der Waals surface area contributed by atoms with Crippen molar-refractivity contribution in [2.75, 3.05) is 13.7 Å². The predicted octanol–water partition coefficient (Wildman–Crippen LogP) is 4.14. The van der Waals surface area contributed by atoms with E-state index >= 15 is 0 Å². The molecule has 18 heavy (non-hydrogen) atoms. The highest BCUT2D eigenvalue weighted by Gasteiger charge is 2.40. The van der Waals surface area contributed by atoms with Crippen molar-refractivity contribution in [1.29, 1.82) is 0 Å². The number of hydrogen-bond acceptors (Lipinski definition) is 2. The Bertz CT molecular complexity index is 207. The first-order valence-corrected chi connectivity index (χ1v) is 8.00. The number of likely N-dealkylation sites (N-methyl/N-ethyl adjacent to an activating group) is 1. The van der Waals surface area contributed by atoms with Gasteiger partial charge < -0.3 is 10.1 Å². The molecule has 0 aromatic heterocycles. The SMILES string of the molecule is CCNC(CC(CC)CC)C1(OC)CCCCC1. The lowest BCUT2D eigenvalue weighted by molar-refractivity contribution is -0.0724. The van der Waals surface area contributed by atoms with Gasteiger partial charge in [0.2, 0.25) is 0 Å². The molecule has 0 amide bonds. The summed E-state index contributed by atoms with van der Waals surface area (Å²) in [6.07, 6.45) is 10.4. The van der Waals surface area contributed by atoms with Crippen LogP contribution in [0.5, 0.6) is 0 Å². The zero-order chi connectivity index (χ0) is 13.4. The van der Waals surface area contributed by atoms with Crippen LogP contribution in [0.2, 0.25) is 0 Å². The van der Waals surface area contributed by atoms with Crippen molar-refractivity contribution in [3.8, 4) is 0 Å². The minimum atomic E-state index is 0.108. The lowest BCUT2D eigenvalue weighted by Gasteiger charge is -2.44. The molecule has 0 bridgehead atoms. The van der Waals surface area contributed by atoms with Crippen LogP contribution in [0.25, 0.3) is 0 Å². The first kappa shape index (κ1) is 16.0. The van der Waals surface area contributed by atoms with Gasteiger partial charge in [-0.1, -0.05) is 52.9 Å². The monoisotopic (exact) mass is 255 g/mol. The Kier molecular flexibility index (Phi) is 7.25. The van der Waals surface area contributed by atoms with Gasteiger partial charge in [-0.2, -0.15) is 0 Å². The van der Waals surface area contributed by atoms with Crippen LogP contribution < -0.4 is 5.32 Å². The lowest BCUT2D eigenvalue weighted by atomic mass is 9.75. The van der Waals surface area contributed by atoms with E-state index in [1.165, 1.54) is 51.4 Å². The molecule has 1 fully saturated rings. The summed E-state index contributed by atoms with van der Waals surface area (Å²) in [5.41, 5.74) is 0.108. The molecule has 0 aromatic carbocycles. The van der Waals surface area contributed by atoms with Crippen LogP contribution in [0.4, 0.5) is 0 Å². The van der Waals surface area contributed by atoms with Crippen molar-refractivity contribution in [1.82, 2.24) is 5.32 Å². The van der Waals surface area contributed by atoms with Gasteiger partial charge in [0.15, 0.2) is 0 Å². The molecule has 1 rings (SSSR count). The summed E-state index contributed by atoms with van der Waals surface area (Å²) >= 11 is 0. The lowest BCUT2D eigenvalue weighted by Crippen LogP contribution is -2.53. The highest BCUT2D eigenvalue weighted by Crippen LogP contribution is 2.37. The molecule has 2 nitrogen and oxygen atoms in total. The Morgan fingerprint density at radius 1 is 1.06 bits per heavy atom. The second-order valence-electron chi connectivity index (χ2n) is 5.86. The highest BCUT2D eigenvalue weighted by atomic mass is 16.5. The fourth-order valence-corrected chi connectivity index (χ4v) is 3.53. The molecular formula is C16H33NO. The molecule has 1 N–H and O–H groups in total. The number of hydrogen-bond donors (Lipinski definition) is 1. The molecule has 108 valence electrons. The Balaban J connectivity index is 2.72. The Hall–Kier alpha value is -0.0800. The summed E-state index contributed by atoms with van der Waals surface area (Å²) in [5, 5.41) is 3.72. The van der Waals surface area contributed by atoms with Crippen molar-refractivity contribution in [3.63, 3.8) is 0 Å². The minimum Gasteiger partial charge on any atom is -0.377 e. The third-order valence-electron chi connectivity index (χ3n) is 4.92. The molecule has 1 saturated carbocycles. The van der Waals surface area contributed by atoms with Crippen LogP contribution in [-0.2, 0) is 4.74 Å². The average Bonchev–Trinajstić information content (AvgIpc) is 2.44. The average molecular weight is 255 g/mol. The summed E-state index contributed by atoms with van der Waals surface area (Å²) in [6, 6.07) is 0.540. The standard InChI is InChI=1S/C16H33NO/c1-5-14(6-2)13-15(17-7-3)16(18-4)11-9-8-10-12-16/h14-15,17H,5-13H2,1-4H3. The van der Waals surface area contributed by atoms with Gasteiger partial charge in [0, 0.05) is 13.2 Å². The molecule has 0 aromatic rings. The van der Waals surface area contributed by atoms with Gasteiger partial charge in [0.25, 0.3) is 0 Å². The van der Waals surface area contributed by atoms with Crippen molar-refractivity contribution in [3.05, 3.63) is 0 Å². The molecule has 0 radical (unpaired) electrons. The van der Waals surface area contributed by atoms with Crippen LogP contribution in [-0.4, -0.2) is 25.3 Å². The second kappa shape index (κ2) is 8.16. The Labute approximate surface area is 114 Å². The molecule has 0 aliphatic heterocycles. The molecule has 1 unspecified atom stereocenters. The van der Waals surface area contributed by atoms with Crippen LogP contribution in [0.1, 0.15) is 72.1 Å². The van der Waals surface area contributed by atoms with Gasteiger partial charge in [0.1, 0.15) is 0 Å². The quantitative estimate of drug-likeness (QED) is 0.704. The molecule has 0 saturated heterocycles. The van der Waals surface area contributed by atoms with E-state index in [1.54, 1.807) is 0 Å². The number of ether oxygens (including phenoxy) is 1. The topological polar surface area (TPSA) is 21.3 Å². The summed E-state index contributed by atoms with van der Waals surface area (Å²) in [5.74, 6) is 0.836. The van der Waals surface area contributed by atoms with Crippen molar-refractivity contribution in [2.24, 2.45) is 5.92 Å². The highest BCUT2D eigenvalue weighted by molar-refractivity contribution is 4.96. The summed E-state index contributed by atoms with van der Waals surface area (Å²) in [4.78, 5) is 0. The maximum absolute atomic E-state index is 6.02. The third kappa shape index (κ3) is 3.96. The normalized spacial score (nSPS) is 21.2. The zero-order valence-corrected chi connectivity index (χ0v) is 12.9. The molecule has 2 heteroatoms. The van der Waals surface area contributed by atoms with E-state index in [4.69, 9.17) is 4.74 Å². The van der Waals surface area contributed by atoms with E-state index < -0.39 is 0 Å². The van der Waals surface area contributed by atoms with E-state index in [9.17, 15) is 0 Å². The van der Waals surface area contributed by atoms with Crippen molar-refractivity contribution in [2.45, 2.75) is 83.8 Å². The molecular weight excluding hydrogens is 222 g/mol. The van der Waals surface area contributed by atoms with Gasteiger partial charge in [0.05, 0.1) is 5.60 Å². The van der Waals surface area contributed by atoms with Gasteiger partial charge in [-0.25, -0.2) is 0 Å². The second-order valence-corrected chi connectivity index (χ2v) is 5.86. The smallest absolute Gasteiger partial charge is 0.0831 e. The van der Waals surface area contributed by atoms with E-state index in [2.05, 4.69) is 26.1 Å². The summed E-state index contributed by atoms with van der Waals surface area (Å²) < 4.78 is 6.02. The molecule has 1 aliphatic carbocycles. The van der Waals surface area contributed by atoms with Crippen LogP contribution >= 0.6 is 0 Å². The number of rotatable bonds is 8. The Morgan fingerprint density at radius 2 is 1.67 bits per heavy atom. The first-order chi connectivity index (χ1) is 8.72. The fourth-order valence-electron chi connectivity index (χ4n) is 3.53. The fraction of sp³-hybridized carbons (Fsp3) is 1.00. The van der Waals surface area contributed by atoms with Crippen molar-refractivity contribution >= 4 is 0 Å². The first-order valence-electron chi connectivity index (χ1n) is 8.00. The summed E-state index contributed by atoms with van der Waals surface area (Å²) in [6.45, 7) is 7.90. The molecule has 0 heterocycles. The third-order valence-corrected chi connectivity index (χ3v) is 4.92. The van der Waals surface area contributed by atoms with E-state index in [0.717, 1.165) is 12.5 Å². The van der Waals surface area contributed by atoms with Gasteiger partial charge >= 0.3 is 0 Å². The largest absolute Gasteiger partial charge is 0.377 e. The number of methoxy groups -OCH3 is 1. The van der Waals surface area contributed by atoms with E-state index in [1.807, 2.05) is 7.11 Å². The molecule has 0 spiro atoms. The van der Waals surface area contributed by atoms with Crippen LogP contribution in [0.3, 0.4) is 0 Å². The number of nitrogens with one attached hydrogen (secondary N) is 1. The van der Waals surface area contributed by atoms with Crippen LogP contribution in [0.15, 0.2) is 0 Å². The van der Waals surface area contributed by atoms with Gasteiger partial charge in [-0.3, -0.25) is 0 Å². The van der Waals surface area contributed by atoms with Crippen LogP contribution in [0, 0.1) is 5.92 Å². The van der Waals surface area contributed by atoms with E-state index in [-0.39, 0.29) is 5.60 Å². The predicted molar refractivity (Wildman–Crippen MR) is 79.0 cm³/mol. The van der Waals surface area contributed by atoms with Gasteiger partial charge in [-0.15, -0.1) is 0 Å². The maximum Gasteiger partial charge on any atom is 0.0831 e. The van der Waals surface area contributed by atoms with E-state index in [0.29, 0.717) is 6.04 Å². The summed E-state index contributed by atoms with van der Waals surface area (Å²) in [7, 11) is 1.92. The minimum absolute atomic E-state index is 0.108. The Morgan fingerprint density at radius 3 is 2.11 bits per heavy atom.